The van der Waals surface area contributed by atoms with Crippen molar-refractivity contribution in [2.45, 2.75) is 53.4 Å². The summed E-state index contributed by atoms with van der Waals surface area (Å²) in [7, 11) is 0. The first-order valence-corrected chi connectivity index (χ1v) is 12.8. The van der Waals surface area contributed by atoms with Crippen LogP contribution in [0.4, 0.5) is 0 Å². The third kappa shape index (κ3) is 15.4. The number of rotatable bonds is 11. The second kappa shape index (κ2) is 11.5. The van der Waals surface area contributed by atoms with Crippen LogP contribution in [-0.4, -0.2) is 21.3 Å². The van der Waals surface area contributed by atoms with Crippen LogP contribution in [0.3, 0.4) is 0 Å². The Morgan fingerprint density at radius 1 is 0.917 bits per heavy atom. The topological polar surface area (TPSA) is 104 Å². The van der Waals surface area contributed by atoms with Gasteiger partial charge in [0.05, 0.1) is 17.6 Å². The van der Waals surface area contributed by atoms with E-state index in [9.17, 15) is 14.0 Å². The van der Waals surface area contributed by atoms with Gasteiger partial charge in [0.15, 0.2) is 0 Å². The van der Waals surface area contributed by atoms with Crippen molar-refractivity contribution in [1.29, 1.82) is 0 Å². The Balaban J connectivity index is 4.18. The fourth-order valence-electron chi connectivity index (χ4n) is 1.77. The van der Waals surface area contributed by atoms with E-state index in [-0.39, 0.29) is 17.6 Å². The maximum Gasteiger partial charge on any atom is 0.398 e. The van der Waals surface area contributed by atoms with Gasteiger partial charge in [0.1, 0.15) is 0 Å². The Hall–Kier alpha value is -0.130. The Labute approximate surface area is 148 Å². The van der Waals surface area contributed by atoms with Crippen LogP contribution in [0.15, 0.2) is 34.9 Å². The highest BCUT2D eigenvalue weighted by atomic mass is 33.1. The lowest BCUT2D eigenvalue weighted by Crippen LogP contribution is -1.89. The zero-order valence-electron chi connectivity index (χ0n) is 14.6. The van der Waals surface area contributed by atoms with E-state index >= 15 is 0 Å². The molecule has 0 aromatic rings. The summed E-state index contributed by atoms with van der Waals surface area (Å²) in [5.74, 6) is 0. The molecule has 1 atom stereocenters. The molecule has 0 aliphatic heterocycles. The van der Waals surface area contributed by atoms with Crippen molar-refractivity contribution in [3.8, 4) is 0 Å². The second-order valence-electron chi connectivity index (χ2n) is 5.80. The summed E-state index contributed by atoms with van der Waals surface area (Å²) in [5.41, 5.74) is 3.64. The molecular weight excluding hydrogens is 370 g/mol. The molecule has 0 aromatic carbocycles. The lowest BCUT2D eigenvalue weighted by atomic mass is 10.1. The van der Waals surface area contributed by atoms with Crippen LogP contribution >= 0.6 is 24.6 Å². The molecule has 0 aliphatic rings. The average Bonchev–Trinajstić information content (AvgIpc) is 2.34. The minimum absolute atomic E-state index is 0.157. The standard InChI is InChI=1S/C15H28O6P2S/c1-13(2)7-5-8-14(3)9-6-10-15(4)11-12-21-23(19,20)24-22(16,17)18/h7,9,11H,5-6,8,10,12H2,1-4H3,(H,19,20)(H2,16,17,18). The Bertz CT molecular complexity index is 573. The second-order valence-corrected chi connectivity index (χ2v) is 12.9. The van der Waals surface area contributed by atoms with Crippen molar-refractivity contribution in [3.05, 3.63) is 34.9 Å². The highest BCUT2D eigenvalue weighted by Gasteiger charge is 2.32. The highest BCUT2D eigenvalue weighted by molar-refractivity contribution is 8.84. The summed E-state index contributed by atoms with van der Waals surface area (Å²) in [6.07, 6.45) is 9.78. The molecule has 3 N–H and O–H groups in total. The summed E-state index contributed by atoms with van der Waals surface area (Å²) in [5, 5.41) is 0. The average molecular weight is 398 g/mol. The van der Waals surface area contributed by atoms with Crippen LogP contribution in [-0.2, 0) is 13.7 Å². The largest absolute Gasteiger partial charge is 0.398 e. The van der Waals surface area contributed by atoms with Gasteiger partial charge < -0.3 is 14.7 Å². The summed E-state index contributed by atoms with van der Waals surface area (Å²) < 4.78 is 26.8. The molecule has 0 radical (unpaired) electrons. The van der Waals surface area contributed by atoms with Crippen LogP contribution in [0.1, 0.15) is 53.4 Å². The van der Waals surface area contributed by atoms with Gasteiger partial charge in [-0.25, -0.2) is 9.13 Å². The van der Waals surface area contributed by atoms with Gasteiger partial charge in [-0.1, -0.05) is 34.9 Å². The van der Waals surface area contributed by atoms with E-state index in [1.54, 1.807) is 6.08 Å². The van der Waals surface area contributed by atoms with Crippen molar-refractivity contribution >= 4 is 24.6 Å². The molecule has 0 bridgehead atoms. The first-order valence-electron chi connectivity index (χ1n) is 7.60. The third-order valence-corrected chi connectivity index (χ3v) is 9.24. The fraction of sp³-hybridized carbons (Fsp3) is 0.600. The number of allylic oxidation sites excluding steroid dienone is 5. The van der Waals surface area contributed by atoms with E-state index < -0.39 is 13.6 Å². The van der Waals surface area contributed by atoms with E-state index in [0.29, 0.717) is 0 Å². The molecular formula is C15H28O6P2S. The van der Waals surface area contributed by atoms with E-state index in [1.807, 2.05) is 6.92 Å². The van der Waals surface area contributed by atoms with Gasteiger partial charge in [-0.3, -0.25) is 4.52 Å². The molecule has 0 saturated heterocycles. The molecule has 140 valence electrons. The van der Waals surface area contributed by atoms with Crippen LogP contribution < -0.4 is 0 Å². The zero-order valence-corrected chi connectivity index (χ0v) is 17.2. The van der Waals surface area contributed by atoms with Crippen LogP contribution in [0.5, 0.6) is 0 Å². The highest BCUT2D eigenvalue weighted by Crippen LogP contribution is 2.72. The predicted octanol–water partition coefficient (Wildman–Crippen LogP) is 5.35. The van der Waals surface area contributed by atoms with Gasteiger partial charge in [-0.05, 0) is 53.4 Å². The molecule has 9 heteroatoms. The van der Waals surface area contributed by atoms with Gasteiger partial charge in [-0.15, -0.1) is 0 Å². The third-order valence-electron chi connectivity index (χ3n) is 3.00. The Kier molecular flexibility index (Phi) is 11.4. The smallest absolute Gasteiger partial charge is 0.316 e. The van der Waals surface area contributed by atoms with Gasteiger partial charge in [0, 0.05) is 0 Å². The quantitative estimate of drug-likeness (QED) is 0.318. The summed E-state index contributed by atoms with van der Waals surface area (Å²) >= 11 is -0.346. The summed E-state index contributed by atoms with van der Waals surface area (Å²) in [6, 6.07) is 0. The molecule has 0 spiro atoms. The SMILES string of the molecule is CC(C)=CCCC(C)=CCCC(C)=CCOP(=O)(O)SP(=O)(O)O. The molecule has 0 amide bonds. The lowest BCUT2D eigenvalue weighted by Gasteiger charge is -2.10. The van der Waals surface area contributed by atoms with Crippen LogP contribution in [0.2, 0.25) is 0 Å². The fourth-order valence-corrected chi connectivity index (χ4v) is 6.32. The van der Waals surface area contributed by atoms with Crippen molar-refractivity contribution in [2.24, 2.45) is 0 Å². The van der Waals surface area contributed by atoms with E-state index in [4.69, 9.17) is 9.79 Å². The molecule has 0 aromatic heterocycles. The maximum atomic E-state index is 11.4. The molecule has 0 rings (SSSR count). The van der Waals surface area contributed by atoms with E-state index in [2.05, 4.69) is 37.4 Å². The summed E-state index contributed by atoms with van der Waals surface area (Å²) in [4.78, 5) is 26.6. The van der Waals surface area contributed by atoms with Crippen molar-refractivity contribution in [1.82, 2.24) is 0 Å². The van der Waals surface area contributed by atoms with E-state index in [1.165, 1.54) is 11.1 Å². The van der Waals surface area contributed by atoms with E-state index in [0.717, 1.165) is 31.3 Å². The monoisotopic (exact) mass is 398 g/mol. The maximum absolute atomic E-state index is 11.4. The minimum atomic E-state index is -4.65. The molecule has 0 fully saturated rings. The number of hydrogen-bond acceptors (Lipinski definition) is 4. The predicted molar refractivity (Wildman–Crippen MR) is 101 cm³/mol. The lowest BCUT2D eigenvalue weighted by molar-refractivity contribution is 0.305. The number of hydrogen-bond donors (Lipinski definition) is 3. The molecule has 6 nitrogen and oxygen atoms in total. The Morgan fingerprint density at radius 3 is 1.92 bits per heavy atom. The summed E-state index contributed by atoms with van der Waals surface area (Å²) in [6.45, 7) is -1.00. The van der Waals surface area contributed by atoms with Gasteiger partial charge in [0.2, 0.25) is 0 Å². The minimum Gasteiger partial charge on any atom is -0.316 e. The normalized spacial score (nSPS) is 16.0. The van der Waals surface area contributed by atoms with Crippen molar-refractivity contribution < 1.29 is 28.3 Å². The van der Waals surface area contributed by atoms with Gasteiger partial charge in [0.25, 0.3) is 0 Å². The van der Waals surface area contributed by atoms with Crippen molar-refractivity contribution in [3.63, 3.8) is 0 Å². The molecule has 0 heterocycles. The van der Waals surface area contributed by atoms with Crippen molar-refractivity contribution in [2.75, 3.05) is 6.61 Å². The van der Waals surface area contributed by atoms with Crippen LogP contribution in [0.25, 0.3) is 0 Å². The molecule has 0 saturated carbocycles. The first-order chi connectivity index (χ1) is 10.9. The van der Waals surface area contributed by atoms with Crippen LogP contribution in [0, 0.1) is 0 Å². The first kappa shape index (κ1) is 23.9. The molecule has 1 unspecified atom stereocenters. The zero-order chi connectivity index (χ0) is 18.8. The molecule has 0 aliphatic carbocycles. The Morgan fingerprint density at radius 2 is 1.42 bits per heavy atom. The van der Waals surface area contributed by atoms with Gasteiger partial charge >= 0.3 is 13.6 Å². The van der Waals surface area contributed by atoms with Gasteiger partial charge in [-0.2, -0.15) is 0 Å². The molecule has 24 heavy (non-hydrogen) atoms.